The summed E-state index contributed by atoms with van der Waals surface area (Å²) in [6.07, 6.45) is 4.43. The van der Waals surface area contributed by atoms with Crippen LogP contribution in [-0.2, 0) is 13.1 Å². The zero-order chi connectivity index (χ0) is 21.8. The second-order valence-corrected chi connectivity index (χ2v) is 8.08. The normalized spacial score (nSPS) is 14.0. The Bertz CT molecular complexity index is 1180. The molecule has 6 nitrogen and oxygen atoms in total. The van der Waals surface area contributed by atoms with E-state index in [0.29, 0.717) is 12.3 Å². The number of amides is 1. The lowest BCUT2D eigenvalue weighted by Crippen LogP contribution is -2.22. The number of para-hydroxylation sites is 1. The SMILES string of the molecule is O=C(NCc1cn(-c2ccccc2)nc1-c1ccccc1)c1ccc(CN2CCCC2)o1. The molecule has 0 bridgehead atoms. The van der Waals surface area contributed by atoms with Gasteiger partial charge in [0.05, 0.1) is 17.9 Å². The second-order valence-electron chi connectivity index (χ2n) is 8.08. The Labute approximate surface area is 187 Å². The Balaban J connectivity index is 1.32. The van der Waals surface area contributed by atoms with Gasteiger partial charge in [-0.2, -0.15) is 5.10 Å². The standard InChI is InChI=1S/C26H26N4O2/c31-26(24-14-13-23(32-24)19-29-15-7-8-16-29)27-17-21-18-30(22-11-5-2-6-12-22)28-25(21)20-9-3-1-4-10-20/h1-6,9-14,18H,7-8,15-17,19H2,(H,27,31). The minimum Gasteiger partial charge on any atom is -0.455 e. The van der Waals surface area contributed by atoms with Crippen LogP contribution in [0.5, 0.6) is 0 Å². The van der Waals surface area contributed by atoms with E-state index < -0.39 is 0 Å². The van der Waals surface area contributed by atoms with Crippen LogP contribution in [0.3, 0.4) is 0 Å². The number of aromatic nitrogens is 2. The molecule has 1 aliphatic rings. The van der Waals surface area contributed by atoms with Gasteiger partial charge in [-0.25, -0.2) is 4.68 Å². The second kappa shape index (κ2) is 9.24. The van der Waals surface area contributed by atoms with Gasteiger partial charge in [0.1, 0.15) is 5.76 Å². The van der Waals surface area contributed by atoms with Crippen molar-refractivity contribution < 1.29 is 9.21 Å². The van der Waals surface area contributed by atoms with Crippen LogP contribution in [0.1, 0.15) is 34.7 Å². The average Bonchev–Trinajstić information content (AvgIpc) is 3.60. The lowest BCUT2D eigenvalue weighted by molar-refractivity contribution is 0.0919. The molecule has 0 saturated carbocycles. The summed E-state index contributed by atoms with van der Waals surface area (Å²) in [5.41, 5.74) is 3.78. The Morgan fingerprint density at radius 3 is 2.41 bits per heavy atom. The molecule has 0 radical (unpaired) electrons. The Hall–Kier alpha value is -3.64. The van der Waals surface area contributed by atoms with Crippen molar-refractivity contribution in [3.05, 3.63) is 96.1 Å². The van der Waals surface area contributed by atoms with Crippen LogP contribution >= 0.6 is 0 Å². The van der Waals surface area contributed by atoms with Crippen LogP contribution in [0.15, 0.2) is 83.4 Å². The van der Waals surface area contributed by atoms with Crippen LogP contribution in [0.4, 0.5) is 0 Å². The van der Waals surface area contributed by atoms with Gasteiger partial charge in [-0.3, -0.25) is 9.69 Å². The molecule has 2 aromatic heterocycles. The molecular formula is C26H26N4O2. The minimum absolute atomic E-state index is 0.218. The molecule has 4 aromatic rings. The highest BCUT2D eigenvalue weighted by Crippen LogP contribution is 2.24. The highest BCUT2D eigenvalue weighted by molar-refractivity contribution is 5.91. The van der Waals surface area contributed by atoms with Crippen molar-refractivity contribution in [2.24, 2.45) is 0 Å². The lowest BCUT2D eigenvalue weighted by atomic mass is 10.1. The average molecular weight is 427 g/mol. The predicted molar refractivity (Wildman–Crippen MR) is 123 cm³/mol. The van der Waals surface area contributed by atoms with Gasteiger partial charge in [-0.1, -0.05) is 48.5 Å². The number of carbonyl (C=O) groups excluding carboxylic acids is 1. The molecule has 2 aromatic carbocycles. The van der Waals surface area contributed by atoms with E-state index >= 15 is 0 Å². The first-order chi connectivity index (χ1) is 15.8. The van der Waals surface area contributed by atoms with Gasteiger partial charge in [-0.05, 0) is 50.2 Å². The molecule has 1 aliphatic heterocycles. The van der Waals surface area contributed by atoms with Crippen LogP contribution in [0.25, 0.3) is 16.9 Å². The van der Waals surface area contributed by atoms with Crippen LogP contribution in [0.2, 0.25) is 0 Å². The van der Waals surface area contributed by atoms with E-state index in [1.165, 1.54) is 12.8 Å². The topological polar surface area (TPSA) is 63.3 Å². The van der Waals surface area contributed by atoms with E-state index in [2.05, 4.69) is 10.2 Å². The maximum Gasteiger partial charge on any atom is 0.287 e. The fourth-order valence-electron chi connectivity index (χ4n) is 4.10. The van der Waals surface area contributed by atoms with Gasteiger partial charge in [-0.15, -0.1) is 0 Å². The molecule has 1 amide bonds. The first-order valence-electron chi connectivity index (χ1n) is 11.0. The molecule has 1 N–H and O–H groups in total. The van der Waals surface area contributed by atoms with E-state index in [-0.39, 0.29) is 5.91 Å². The van der Waals surface area contributed by atoms with Gasteiger partial charge in [0.2, 0.25) is 0 Å². The van der Waals surface area contributed by atoms with Gasteiger partial charge in [0, 0.05) is 23.9 Å². The van der Waals surface area contributed by atoms with Crippen molar-refractivity contribution >= 4 is 5.91 Å². The maximum absolute atomic E-state index is 12.7. The molecule has 0 unspecified atom stereocenters. The summed E-state index contributed by atoms with van der Waals surface area (Å²) in [6, 6.07) is 23.6. The number of nitrogens with one attached hydrogen (secondary N) is 1. The van der Waals surface area contributed by atoms with E-state index in [9.17, 15) is 4.79 Å². The van der Waals surface area contributed by atoms with E-state index in [1.54, 1.807) is 6.07 Å². The van der Waals surface area contributed by atoms with Crippen LogP contribution in [0, 0.1) is 0 Å². The lowest BCUT2D eigenvalue weighted by Gasteiger charge is -2.11. The summed E-state index contributed by atoms with van der Waals surface area (Å²) in [7, 11) is 0. The largest absolute Gasteiger partial charge is 0.455 e. The predicted octanol–water partition coefficient (Wildman–Crippen LogP) is 4.66. The molecule has 0 atom stereocenters. The van der Waals surface area contributed by atoms with Crippen molar-refractivity contribution in [1.29, 1.82) is 0 Å². The summed E-state index contributed by atoms with van der Waals surface area (Å²) < 4.78 is 7.66. The molecule has 1 fully saturated rings. The molecule has 5 rings (SSSR count). The number of benzene rings is 2. The Morgan fingerprint density at radius 2 is 1.66 bits per heavy atom. The Kier molecular flexibility index (Phi) is 5.85. The number of furan rings is 1. The third kappa shape index (κ3) is 4.50. The van der Waals surface area contributed by atoms with Crippen molar-refractivity contribution in [2.75, 3.05) is 13.1 Å². The summed E-state index contributed by atoms with van der Waals surface area (Å²) in [6.45, 7) is 3.30. The number of hydrogen-bond acceptors (Lipinski definition) is 4. The first-order valence-corrected chi connectivity index (χ1v) is 11.0. The fraction of sp³-hybridized carbons (Fsp3) is 0.231. The van der Waals surface area contributed by atoms with Gasteiger partial charge in [0.15, 0.2) is 5.76 Å². The first kappa shape index (κ1) is 20.3. The monoisotopic (exact) mass is 426 g/mol. The zero-order valence-electron chi connectivity index (χ0n) is 17.9. The molecule has 0 aliphatic carbocycles. The van der Waals surface area contributed by atoms with Gasteiger partial charge < -0.3 is 9.73 Å². The summed E-state index contributed by atoms with van der Waals surface area (Å²) in [5, 5.41) is 7.80. The smallest absolute Gasteiger partial charge is 0.287 e. The van der Waals surface area contributed by atoms with Gasteiger partial charge in [0.25, 0.3) is 5.91 Å². The van der Waals surface area contributed by atoms with Crippen molar-refractivity contribution in [2.45, 2.75) is 25.9 Å². The van der Waals surface area contributed by atoms with E-state index in [1.807, 2.05) is 77.6 Å². The Morgan fingerprint density at radius 1 is 0.938 bits per heavy atom. The highest BCUT2D eigenvalue weighted by Gasteiger charge is 2.18. The van der Waals surface area contributed by atoms with Gasteiger partial charge >= 0.3 is 0 Å². The molecular weight excluding hydrogens is 400 g/mol. The number of rotatable bonds is 7. The maximum atomic E-state index is 12.7. The highest BCUT2D eigenvalue weighted by atomic mass is 16.4. The van der Waals surface area contributed by atoms with E-state index in [0.717, 1.165) is 47.9 Å². The van der Waals surface area contributed by atoms with Crippen molar-refractivity contribution in [3.8, 4) is 16.9 Å². The molecule has 6 heteroatoms. The van der Waals surface area contributed by atoms with Crippen molar-refractivity contribution in [3.63, 3.8) is 0 Å². The number of likely N-dealkylation sites (tertiary alicyclic amines) is 1. The molecule has 32 heavy (non-hydrogen) atoms. The summed E-state index contributed by atoms with van der Waals surface area (Å²) in [5.74, 6) is 0.957. The third-order valence-electron chi connectivity index (χ3n) is 5.76. The zero-order valence-corrected chi connectivity index (χ0v) is 17.9. The summed E-state index contributed by atoms with van der Waals surface area (Å²) >= 11 is 0. The number of hydrogen-bond donors (Lipinski definition) is 1. The summed E-state index contributed by atoms with van der Waals surface area (Å²) in [4.78, 5) is 15.1. The molecule has 1 saturated heterocycles. The molecule has 162 valence electrons. The fourth-order valence-corrected chi connectivity index (χ4v) is 4.10. The van der Waals surface area contributed by atoms with Crippen LogP contribution in [-0.4, -0.2) is 33.7 Å². The number of nitrogens with zero attached hydrogens (tertiary/aromatic N) is 3. The minimum atomic E-state index is -0.218. The van der Waals surface area contributed by atoms with Crippen LogP contribution < -0.4 is 5.32 Å². The van der Waals surface area contributed by atoms with Crippen molar-refractivity contribution in [1.82, 2.24) is 20.0 Å². The quantitative estimate of drug-likeness (QED) is 0.467. The number of carbonyl (C=O) groups is 1. The third-order valence-corrected chi connectivity index (χ3v) is 5.76. The van der Waals surface area contributed by atoms with E-state index in [4.69, 9.17) is 9.52 Å². The molecule has 3 heterocycles. The molecule has 0 spiro atoms.